The van der Waals surface area contributed by atoms with Gasteiger partial charge in [-0.2, -0.15) is 24.9 Å². The number of carbonyl (C=O) groups excluding carboxylic acids is 5. The lowest BCUT2D eigenvalue weighted by Gasteiger charge is -2.28. The minimum absolute atomic E-state index is 0.0229. The van der Waals surface area contributed by atoms with Crippen LogP contribution in [-0.2, 0) is 25.6 Å². The lowest BCUT2D eigenvalue weighted by Crippen LogP contribution is -2.58. The van der Waals surface area contributed by atoms with Crippen LogP contribution in [0.5, 0.6) is 0 Å². The van der Waals surface area contributed by atoms with Crippen molar-refractivity contribution in [2.75, 3.05) is 12.0 Å². The van der Waals surface area contributed by atoms with Crippen LogP contribution in [0.25, 0.3) is 11.1 Å². The number of nitrogens with two attached hydrogens (primary N) is 1. The summed E-state index contributed by atoms with van der Waals surface area (Å²) >= 11 is 1.45. The van der Waals surface area contributed by atoms with Gasteiger partial charge in [-0.25, -0.2) is 0 Å². The summed E-state index contributed by atoms with van der Waals surface area (Å²) in [6.07, 6.45) is -7.21. The summed E-state index contributed by atoms with van der Waals surface area (Å²) in [5.41, 5.74) is 7.88. The van der Waals surface area contributed by atoms with Crippen molar-refractivity contribution in [2.24, 2.45) is 5.73 Å². The first-order chi connectivity index (χ1) is 24.2. The van der Waals surface area contributed by atoms with E-state index in [1.54, 1.807) is 54.6 Å². The van der Waals surface area contributed by atoms with E-state index in [-0.39, 0.29) is 12.8 Å². The lowest BCUT2D eigenvalue weighted by atomic mass is 10.0. The van der Waals surface area contributed by atoms with Crippen molar-refractivity contribution in [3.05, 3.63) is 96.1 Å². The van der Waals surface area contributed by atoms with Gasteiger partial charge in [-0.1, -0.05) is 72.8 Å². The fourth-order valence-electron chi connectivity index (χ4n) is 5.04. The monoisotopic (exact) mass is 729 g/mol. The Morgan fingerprint density at radius 2 is 1.31 bits per heavy atom. The van der Waals surface area contributed by atoms with Gasteiger partial charge in [0.15, 0.2) is 6.10 Å². The Morgan fingerprint density at radius 3 is 1.88 bits per heavy atom. The third-order valence-corrected chi connectivity index (χ3v) is 8.54. The second-order valence-electron chi connectivity index (χ2n) is 11.8. The van der Waals surface area contributed by atoms with Crippen LogP contribution in [0.1, 0.15) is 42.1 Å². The fraction of sp³-hybridized carbons (Fsp3) is 0.361. The number of halogens is 3. The maximum Gasteiger partial charge on any atom is 0.416 e. The molecule has 0 aromatic heterocycles. The van der Waals surface area contributed by atoms with Gasteiger partial charge in [-0.05, 0) is 60.6 Å². The smallest absolute Gasteiger partial charge is 0.382 e. The van der Waals surface area contributed by atoms with Gasteiger partial charge in [0, 0.05) is 18.4 Å². The Bertz CT molecular complexity index is 1610. The molecule has 0 radical (unpaired) electrons. The van der Waals surface area contributed by atoms with Crippen molar-refractivity contribution in [1.82, 2.24) is 21.3 Å². The zero-order valence-electron chi connectivity index (χ0n) is 28.1. The van der Waals surface area contributed by atoms with E-state index in [1.807, 2.05) is 41.9 Å². The van der Waals surface area contributed by atoms with Gasteiger partial charge in [0.1, 0.15) is 18.1 Å². The molecule has 15 heteroatoms. The number of aliphatic hydroxyl groups is 1. The molecule has 7 N–H and O–H groups in total. The van der Waals surface area contributed by atoms with Gasteiger partial charge >= 0.3 is 6.18 Å². The molecule has 0 aliphatic carbocycles. The Hall–Kier alpha value is -4.89. The number of amides is 5. The second-order valence-corrected chi connectivity index (χ2v) is 12.8. The molecule has 3 aromatic rings. The molecule has 11 nitrogen and oxygen atoms in total. The van der Waals surface area contributed by atoms with E-state index >= 15 is 0 Å². The Kier molecular flexibility index (Phi) is 15.5. The Labute approximate surface area is 298 Å². The highest BCUT2D eigenvalue weighted by Gasteiger charge is 2.44. The molecule has 0 fully saturated rings. The quantitative estimate of drug-likeness (QED) is 0.116. The molecule has 3 rings (SSSR count). The van der Waals surface area contributed by atoms with Crippen molar-refractivity contribution < 1.29 is 42.3 Å². The number of carbonyl (C=O) groups is 5. The van der Waals surface area contributed by atoms with E-state index in [9.17, 15) is 42.3 Å². The van der Waals surface area contributed by atoms with Gasteiger partial charge in [-0.3, -0.25) is 24.0 Å². The van der Waals surface area contributed by atoms with Gasteiger partial charge in [0.2, 0.25) is 23.6 Å². The first-order valence-corrected chi connectivity index (χ1v) is 17.5. The standard InChI is InChI=1S/C36H42F3N5O6S/c1-22(32(47)42-27(17-18-30(40)45)31(46)36(37,38)39)41-35(50)29(21-23-9-5-3-6-10-23)44-34(49)28(19-20-51-2)43-33(48)26-15-13-25(14-16-26)24-11-7-4-8-12-24/h3-16,22,27-29,31,46H,17-21H2,1-2H3,(H2,40,45)(H,41,50)(H,42,47)(H,43,48)(H,44,49)/t22-,27?,28+,29+,31?/m0/s1. The Morgan fingerprint density at radius 1 is 0.745 bits per heavy atom. The van der Waals surface area contributed by atoms with E-state index in [4.69, 9.17) is 5.73 Å². The van der Waals surface area contributed by atoms with Crippen LogP contribution in [0.2, 0.25) is 0 Å². The van der Waals surface area contributed by atoms with Crippen molar-refractivity contribution in [3.63, 3.8) is 0 Å². The molecule has 2 unspecified atom stereocenters. The highest BCUT2D eigenvalue weighted by Crippen LogP contribution is 2.24. The predicted octanol–water partition coefficient (Wildman–Crippen LogP) is 3.11. The molecule has 0 aliphatic rings. The molecule has 0 saturated heterocycles. The predicted molar refractivity (Wildman–Crippen MR) is 188 cm³/mol. The van der Waals surface area contributed by atoms with E-state index < -0.39 is 78.8 Å². The second kappa shape index (κ2) is 19.5. The summed E-state index contributed by atoms with van der Waals surface area (Å²) in [7, 11) is 0. The molecule has 5 atom stereocenters. The van der Waals surface area contributed by atoms with Gasteiger partial charge < -0.3 is 32.1 Å². The summed E-state index contributed by atoms with van der Waals surface area (Å²) in [5, 5.41) is 19.6. The van der Waals surface area contributed by atoms with E-state index in [1.165, 1.54) is 18.7 Å². The third-order valence-electron chi connectivity index (χ3n) is 7.90. The van der Waals surface area contributed by atoms with Crippen LogP contribution in [-0.4, -0.2) is 83.1 Å². The summed E-state index contributed by atoms with van der Waals surface area (Å²) in [6, 6.07) is 19.5. The summed E-state index contributed by atoms with van der Waals surface area (Å²) in [6.45, 7) is 1.21. The molecule has 0 heterocycles. The minimum Gasteiger partial charge on any atom is -0.382 e. The first kappa shape index (κ1) is 40.5. The number of nitrogens with one attached hydrogen (secondary N) is 4. The van der Waals surface area contributed by atoms with Crippen LogP contribution in [0, 0.1) is 0 Å². The van der Waals surface area contributed by atoms with E-state index in [0.717, 1.165) is 11.1 Å². The number of rotatable bonds is 18. The van der Waals surface area contributed by atoms with Crippen LogP contribution < -0.4 is 27.0 Å². The van der Waals surface area contributed by atoms with Gasteiger partial charge in [0.05, 0.1) is 6.04 Å². The zero-order valence-corrected chi connectivity index (χ0v) is 28.9. The first-order valence-electron chi connectivity index (χ1n) is 16.1. The van der Waals surface area contributed by atoms with Crippen molar-refractivity contribution in [1.29, 1.82) is 0 Å². The average molecular weight is 730 g/mol. The highest BCUT2D eigenvalue weighted by molar-refractivity contribution is 7.98. The maximum absolute atomic E-state index is 13.7. The topological polar surface area (TPSA) is 180 Å². The lowest BCUT2D eigenvalue weighted by molar-refractivity contribution is -0.212. The molecule has 51 heavy (non-hydrogen) atoms. The van der Waals surface area contributed by atoms with Crippen molar-refractivity contribution in [2.45, 2.75) is 69.1 Å². The number of alkyl halides is 3. The average Bonchev–Trinajstić information content (AvgIpc) is 3.11. The third kappa shape index (κ3) is 13.1. The van der Waals surface area contributed by atoms with Crippen molar-refractivity contribution in [3.8, 4) is 11.1 Å². The molecule has 0 bridgehead atoms. The van der Waals surface area contributed by atoms with Gasteiger partial charge in [0.25, 0.3) is 5.91 Å². The number of aliphatic hydroxyl groups excluding tert-OH is 1. The zero-order chi connectivity index (χ0) is 37.6. The molecule has 3 aromatic carbocycles. The van der Waals surface area contributed by atoms with Gasteiger partial charge in [-0.15, -0.1) is 0 Å². The molecular weight excluding hydrogens is 687 g/mol. The Balaban J connectivity index is 1.75. The minimum atomic E-state index is -5.11. The van der Waals surface area contributed by atoms with Crippen LogP contribution in [0.3, 0.4) is 0 Å². The molecule has 274 valence electrons. The number of primary amides is 1. The largest absolute Gasteiger partial charge is 0.416 e. The van der Waals surface area contributed by atoms with E-state index in [2.05, 4.69) is 16.0 Å². The molecule has 0 saturated carbocycles. The van der Waals surface area contributed by atoms with Crippen LogP contribution >= 0.6 is 11.8 Å². The number of benzene rings is 3. The molecule has 0 spiro atoms. The summed E-state index contributed by atoms with van der Waals surface area (Å²) in [5.74, 6) is -3.50. The summed E-state index contributed by atoms with van der Waals surface area (Å²) in [4.78, 5) is 64.5. The maximum atomic E-state index is 13.7. The fourth-order valence-corrected chi connectivity index (χ4v) is 5.52. The normalized spacial score (nSPS) is 14.2. The SMILES string of the molecule is CSCC[C@@H](NC(=O)c1ccc(-c2ccccc2)cc1)C(=O)N[C@H](Cc1ccccc1)C(=O)N[C@@H](C)C(=O)NC(CCC(N)=O)C(O)C(F)(F)F. The number of hydrogen-bond donors (Lipinski definition) is 6. The molecule has 5 amide bonds. The summed E-state index contributed by atoms with van der Waals surface area (Å²) < 4.78 is 39.8. The van der Waals surface area contributed by atoms with Crippen LogP contribution in [0.15, 0.2) is 84.9 Å². The van der Waals surface area contributed by atoms with E-state index in [0.29, 0.717) is 16.9 Å². The highest BCUT2D eigenvalue weighted by atomic mass is 32.2. The molecule has 0 aliphatic heterocycles. The number of thioether (sulfide) groups is 1. The van der Waals surface area contributed by atoms with Crippen molar-refractivity contribution >= 4 is 41.3 Å². The molecular formula is C36H42F3N5O6S. The van der Waals surface area contributed by atoms with Crippen LogP contribution in [0.4, 0.5) is 13.2 Å². The number of hydrogen-bond acceptors (Lipinski definition) is 7.